The molecule has 374 valence electrons. The summed E-state index contributed by atoms with van der Waals surface area (Å²) in [7, 11) is 5.39. The van der Waals surface area contributed by atoms with Gasteiger partial charge in [-0.25, -0.2) is 0 Å². The van der Waals surface area contributed by atoms with Gasteiger partial charge in [-0.2, -0.15) is 0 Å². The molecule has 66 heavy (non-hydrogen) atoms. The zero-order valence-electron chi connectivity index (χ0n) is 42.6. The van der Waals surface area contributed by atoms with Crippen LogP contribution >= 0.6 is 0 Å². The van der Waals surface area contributed by atoms with Gasteiger partial charge in [0.05, 0.1) is 40.3 Å². The summed E-state index contributed by atoms with van der Waals surface area (Å²) in [6, 6.07) is -0.743. The predicted octanol–water partition coefficient (Wildman–Crippen LogP) is 13.9. The number of carbonyl (C=O) groups excluding carboxylic acids is 3. The number of carbonyl (C=O) groups is 3. The zero-order valence-corrected chi connectivity index (χ0v) is 42.6. The number of ether oxygens (including phenoxy) is 3. The average molecular weight is 918 g/mol. The highest BCUT2D eigenvalue weighted by atomic mass is 16.6. The fourth-order valence-electron chi connectivity index (χ4n) is 6.99. The van der Waals surface area contributed by atoms with Gasteiger partial charge in [-0.05, 0) is 83.5 Å². The molecule has 0 bridgehead atoms. The first-order valence-corrected chi connectivity index (χ1v) is 25.9. The van der Waals surface area contributed by atoms with Crippen LogP contribution in [0.15, 0.2) is 109 Å². The van der Waals surface area contributed by atoms with E-state index >= 15 is 0 Å². The second kappa shape index (κ2) is 47.5. The Hall–Kier alpha value is -4.01. The third-order valence-corrected chi connectivity index (χ3v) is 10.9. The molecular formula is C58H95NO7. The highest BCUT2D eigenvalue weighted by Gasteiger charge is 2.25. The molecule has 0 fully saturated rings. The maximum absolute atomic E-state index is 12.8. The molecule has 0 aliphatic rings. The number of unbranched alkanes of at least 4 members (excludes halogenated alkanes) is 13. The number of quaternary nitrogens is 1. The van der Waals surface area contributed by atoms with Crippen LogP contribution in [0.4, 0.5) is 0 Å². The Bertz CT molecular complexity index is 1440. The van der Waals surface area contributed by atoms with E-state index < -0.39 is 18.1 Å². The van der Waals surface area contributed by atoms with Crippen LogP contribution in [0.3, 0.4) is 0 Å². The van der Waals surface area contributed by atoms with Crippen LogP contribution in [0.25, 0.3) is 0 Å². The number of carboxylic acids is 1. The minimum Gasteiger partial charge on any atom is -0.544 e. The van der Waals surface area contributed by atoms with Crippen LogP contribution in [-0.2, 0) is 28.6 Å². The summed E-state index contributed by atoms with van der Waals surface area (Å²) in [6.07, 6.45) is 65.7. The SMILES string of the molecule is CC/C=C/C/C=C/C/C=C/C/C=C/C/C=C/C/C=C/CCC(=O)OCC(COCCC(C(=O)[O-])[N+](C)(C)C)OC(=O)CCCCCCCCCCCCCCC/C=C/C/C=C/C/C=C/CC. The van der Waals surface area contributed by atoms with E-state index in [4.69, 9.17) is 14.2 Å². The van der Waals surface area contributed by atoms with E-state index in [0.717, 1.165) is 77.0 Å². The number of allylic oxidation sites excluding steroid dienone is 18. The van der Waals surface area contributed by atoms with Crippen molar-refractivity contribution >= 4 is 17.9 Å². The van der Waals surface area contributed by atoms with Gasteiger partial charge in [-0.1, -0.05) is 194 Å². The first-order valence-electron chi connectivity index (χ1n) is 25.9. The fraction of sp³-hybridized carbons (Fsp3) is 0.638. The van der Waals surface area contributed by atoms with Crippen molar-refractivity contribution < 1.29 is 38.2 Å². The summed E-state index contributed by atoms with van der Waals surface area (Å²) < 4.78 is 17.2. The normalized spacial score (nSPS) is 13.8. The van der Waals surface area contributed by atoms with Gasteiger partial charge in [0.25, 0.3) is 0 Å². The van der Waals surface area contributed by atoms with E-state index in [1.807, 2.05) is 12.2 Å². The Morgan fingerprint density at radius 1 is 0.455 bits per heavy atom. The third-order valence-electron chi connectivity index (χ3n) is 10.9. The molecule has 8 nitrogen and oxygen atoms in total. The van der Waals surface area contributed by atoms with Crippen LogP contribution in [0.2, 0.25) is 0 Å². The van der Waals surface area contributed by atoms with Crippen LogP contribution in [0.1, 0.15) is 187 Å². The molecule has 8 heteroatoms. The molecule has 0 spiro atoms. The van der Waals surface area contributed by atoms with Crippen LogP contribution < -0.4 is 5.11 Å². The van der Waals surface area contributed by atoms with Crippen molar-refractivity contribution in [1.82, 2.24) is 0 Å². The molecule has 2 atom stereocenters. The molecule has 0 aromatic rings. The second-order valence-electron chi connectivity index (χ2n) is 18.0. The second-order valence-corrected chi connectivity index (χ2v) is 18.0. The number of esters is 2. The molecule has 0 aliphatic carbocycles. The standard InChI is InChI=1S/C58H95NO7/c1-6-8-10-12-14-16-18-20-22-24-26-27-28-29-31-33-35-37-39-41-43-45-47-49-57(61)66-54(52-64-51-50-55(58(62)63)59(3,4)5)53-65-56(60)48-46-44-42-40-38-36-34-32-30-25-23-21-19-17-15-13-11-9-7-2/h8-11,14-17,20-23,30,32,36,38,42,44,54-55H,6-7,12-13,18-19,24-29,31,33-35,37,39-41,43,45-53H2,1-5H3/b10-8+,11-9+,16-14+,17-15+,22-20+,23-21+,32-30+,38-36+,44-42+. The Labute approximate surface area is 404 Å². The van der Waals surface area contributed by atoms with Crippen molar-refractivity contribution in [2.24, 2.45) is 0 Å². The van der Waals surface area contributed by atoms with Crippen molar-refractivity contribution in [3.05, 3.63) is 109 Å². The van der Waals surface area contributed by atoms with E-state index in [1.54, 1.807) is 21.1 Å². The van der Waals surface area contributed by atoms with Crippen molar-refractivity contribution in [3.63, 3.8) is 0 Å². The largest absolute Gasteiger partial charge is 0.544 e. The lowest BCUT2D eigenvalue weighted by atomic mass is 10.0. The van der Waals surface area contributed by atoms with Crippen molar-refractivity contribution in [1.29, 1.82) is 0 Å². The van der Waals surface area contributed by atoms with Gasteiger partial charge in [0.1, 0.15) is 12.6 Å². The third kappa shape index (κ3) is 45.2. The monoisotopic (exact) mass is 918 g/mol. The first-order chi connectivity index (χ1) is 32.1. The van der Waals surface area contributed by atoms with E-state index in [0.29, 0.717) is 12.8 Å². The molecule has 0 N–H and O–H groups in total. The summed E-state index contributed by atoms with van der Waals surface area (Å²) in [6.45, 7) is 4.36. The predicted molar refractivity (Wildman–Crippen MR) is 277 cm³/mol. The number of likely N-dealkylation sites (N-methyl/N-ethyl adjacent to an activating group) is 1. The Kier molecular flexibility index (Phi) is 44.6. The van der Waals surface area contributed by atoms with Crippen LogP contribution in [0, 0.1) is 0 Å². The topological polar surface area (TPSA) is 102 Å². The number of nitrogens with zero attached hydrogens (tertiary/aromatic N) is 1. The molecule has 0 aliphatic heterocycles. The molecular weight excluding hydrogens is 823 g/mol. The number of aliphatic carboxylic acids is 1. The molecule has 0 saturated carbocycles. The van der Waals surface area contributed by atoms with Crippen molar-refractivity contribution in [2.45, 2.75) is 199 Å². The molecule has 0 amide bonds. The molecule has 0 radical (unpaired) electrons. The van der Waals surface area contributed by atoms with E-state index in [2.05, 4.69) is 111 Å². The summed E-state index contributed by atoms with van der Waals surface area (Å²) in [4.78, 5) is 37.0. The van der Waals surface area contributed by atoms with Gasteiger partial charge in [0.15, 0.2) is 6.10 Å². The van der Waals surface area contributed by atoms with Crippen LogP contribution in [-0.4, -0.2) is 75.5 Å². The van der Waals surface area contributed by atoms with E-state index in [-0.39, 0.29) is 49.1 Å². The van der Waals surface area contributed by atoms with Crippen LogP contribution in [0.5, 0.6) is 0 Å². The van der Waals surface area contributed by atoms with E-state index in [9.17, 15) is 19.5 Å². The van der Waals surface area contributed by atoms with Crippen molar-refractivity contribution in [3.8, 4) is 0 Å². The molecule has 0 saturated heterocycles. The maximum atomic E-state index is 12.8. The Balaban J connectivity index is 4.34. The maximum Gasteiger partial charge on any atom is 0.306 e. The Morgan fingerprint density at radius 2 is 0.833 bits per heavy atom. The van der Waals surface area contributed by atoms with Gasteiger partial charge in [-0.3, -0.25) is 9.59 Å². The molecule has 0 rings (SSSR count). The average Bonchev–Trinajstić information content (AvgIpc) is 3.28. The van der Waals surface area contributed by atoms with E-state index in [1.165, 1.54) is 70.6 Å². The lowest BCUT2D eigenvalue weighted by Crippen LogP contribution is -2.55. The highest BCUT2D eigenvalue weighted by molar-refractivity contribution is 5.70. The fourth-order valence-corrected chi connectivity index (χ4v) is 6.99. The van der Waals surface area contributed by atoms with Gasteiger partial charge in [-0.15, -0.1) is 0 Å². The minimum atomic E-state index is -1.14. The smallest absolute Gasteiger partial charge is 0.306 e. The van der Waals surface area contributed by atoms with Gasteiger partial charge >= 0.3 is 11.9 Å². The van der Waals surface area contributed by atoms with Crippen molar-refractivity contribution in [2.75, 3.05) is 41.0 Å². The Morgan fingerprint density at radius 3 is 1.24 bits per heavy atom. The van der Waals surface area contributed by atoms with Gasteiger partial charge in [0.2, 0.25) is 0 Å². The van der Waals surface area contributed by atoms with Gasteiger partial charge < -0.3 is 28.6 Å². The van der Waals surface area contributed by atoms with Gasteiger partial charge in [0, 0.05) is 19.3 Å². The lowest BCUT2D eigenvalue weighted by Gasteiger charge is -2.34. The quantitative estimate of drug-likeness (QED) is 0.0259. The number of rotatable bonds is 45. The number of hydrogen-bond donors (Lipinski definition) is 0. The number of carboxylic acid groups (broad SMARTS) is 1. The lowest BCUT2D eigenvalue weighted by molar-refractivity contribution is -0.889. The zero-order chi connectivity index (χ0) is 48.4. The first kappa shape index (κ1) is 62.0. The summed E-state index contributed by atoms with van der Waals surface area (Å²) in [5.41, 5.74) is 0. The molecule has 0 heterocycles. The summed E-state index contributed by atoms with van der Waals surface area (Å²) in [5, 5.41) is 11.7. The molecule has 0 aromatic carbocycles. The highest BCUT2D eigenvalue weighted by Crippen LogP contribution is 2.15. The summed E-state index contributed by atoms with van der Waals surface area (Å²) in [5.74, 6) is -1.85. The molecule has 0 aromatic heterocycles. The number of hydrogen-bond acceptors (Lipinski definition) is 7. The minimum absolute atomic E-state index is 0.0107. The summed E-state index contributed by atoms with van der Waals surface area (Å²) >= 11 is 0. The molecule has 2 unspecified atom stereocenters.